The van der Waals surface area contributed by atoms with Crippen LogP contribution in [0, 0.1) is 0 Å². The number of anilines is 1. The summed E-state index contributed by atoms with van der Waals surface area (Å²) in [6.07, 6.45) is 4.08. The number of piperidine rings is 1. The normalized spacial score (nSPS) is 15.2. The molecule has 0 aliphatic carbocycles. The number of hydrogen-bond acceptors (Lipinski definition) is 4. The van der Waals surface area contributed by atoms with Gasteiger partial charge in [0.25, 0.3) is 0 Å². The van der Waals surface area contributed by atoms with Gasteiger partial charge in [-0.05, 0) is 31.0 Å². The zero-order chi connectivity index (χ0) is 17.9. The Labute approximate surface area is 144 Å². The van der Waals surface area contributed by atoms with E-state index in [0.717, 1.165) is 43.3 Å². The van der Waals surface area contributed by atoms with E-state index in [4.69, 9.17) is 4.74 Å². The molecule has 0 saturated carbocycles. The number of rotatable bonds is 3. The van der Waals surface area contributed by atoms with Gasteiger partial charge in [0, 0.05) is 31.0 Å². The number of pyridine rings is 2. The lowest BCUT2D eigenvalue weighted by Gasteiger charge is -2.30. The zero-order valence-electron chi connectivity index (χ0n) is 13.8. The highest BCUT2D eigenvalue weighted by atomic mass is 19.4. The van der Waals surface area contributed by atoms with Gasteiger partial charge in [-0.25, -0.2) is 4.98 Å². The second-order valence-corrected chi connectivity index (χ2v) is 5.81. The largest absolute Gasteiger partial charge is 0.496 e. The maximum absolute atomic E-state index is 12.6. The van der Waals surface area contributed by atoms with Crippen molar-refractivity contribution in [3.05, 3.63) is 53.6 Å². The Morgan fingerprint density at radius 2 is 1.88 bits per heavy atom. The van der Waals surface area contributed by atoms with E-state index in [1.54, 1.807) is 19.5 Å². The Hall–Kier alpha value is -2.57. The van der Waals surface area contributed by atoms with Crippen LogP contribution in [0.25, 0.3) is 6.08 Å². The van der Waals surface area contributed by atoms with E-state index in [1.165, 1.54) is 17.8 Å². The molecule has 0 spiro atoms. The first-order valence-corrected chi connectivity index (χ1v) is 7.93. The molecule has 0 amide bonds. The fourth-order valence-corrected chi connectivity index (χ4v) is 2.85. The summed E-state index contributed by atoms with van der Waals surface area (Å²) >= 11 is 0. The van der Waals surface area contributed by atoms with Gasteiger partial charge in [0.15, 0.2) is 0 Å². The molecule has 1 saturated heterocycles. The Morgan fingerprint density at radius 3 is 2.48 bits per heavy atom. The van der Waals surface area contributed by atoms with Crippen molar-refractivity contribution in [2.24, 2.45) is 0 Å². The van der Waals surface area contributed by atoms with Gasteiger partial charge in [0.2, 0.25) is 0 Å². The molecule has 3 rings (SSSR count). The van der Waals surface area contributed by atoms with Crippen LogP contribution >= 0.6 is 0 Å². The third-order valence-corrected chi connectivity index (χ3v) is 4.20. The van der Waals surface area contributed by atoms with Crippen LogP contribution in [-0.2, 0) is 6.18 Å². The fraction of sp³-hybridized carbons (Fsp3) is 0.333. The number of alkyl halides is 3. The zero-order valence-corrected chi connectivity index (χ0v) is 13.8. The highest BCUT2D eigenvalue weighted by Crippen LogP contribution is 2.30. The van der Waals surface area contributed by atoms with Crippen LogP contribution in [0.4, 0.5) is 18.9 Å². The lowest BCUT2D eigenvalue weighted by Crippen LogP contribution is -2.30. The smallest absolute Gasteiger partial charge is 0.433 e. The van der Waals surface area contributed by atoms with E-state index < -0.39 is 11.9 Å². The van der Waals surface area contributed by atoms with Crippen molar-refractivity contribution < 1.29 is 17.9 Å². The van der Waals surface area contributed by atoms with Crippen LogP contribution in [-0.4, -0.2) is 30.2 Å². The summed E-state index contributed by atoms with van der Waals surface area (Å²) in [5.41, 5.74) is 2.05. The molecule has 0 unspecified atom stereocenters. The van der Waals surface area contributed by atoms with Crippen molar-refractivity contribution in [3.63, 3.8) is 0 Å². The molecule has 7 heteroatoms. The standard InChI is InChI=1S/C18H18F3N3O/c1-25-16-4-7-22-11-14(16)10-13-5-8-24(9-6-13)15-2-3-17(23-12-15)18(19,20)21/h2-4,7,10-12H,5-6,8-9H2,1H3. The minimum absolute atomic E-state index is 0.714. The lowest BCUT2D eigenvalue weighted by molar-refractivity contribution is -0.141. The molecule has 3 heterocycles. The van der Waals surface area contributed by atoms with Gasteiger partial charge in [0.05, 0.1) is 19.0 Å². The van der Waals surface area contributed by atoms with Gasteiger partial charge >= 0.3 is 6.18 Å². The van der Waals surface area contributed by atoms with Crippen LogP contribution in [0.1, 0.15) is 24.1 Å². The Balaban J connectivity index is 1.66. The number of ether oxygens (including phenoxy) is 1. The van der Waals surface area contributed by atoms with E-state index >= 15 is 0 Å². The molecule has 0 atom stereocenters. The number of aromatic nitrogens is 2. The molecule has 2 aromatic heterocycles. The summed E-state index contributed by atoms with van der Waals surface area (Å²) in [5, 5.41) is 0. The number of methoxy groups -OCH3 is 1. The molecular formula is C18H18F3N3O. The molecule has 1 fully saturated rings. The van der Waals surface area contributed by atoms with E-state index in [9.17, 15) is 13.2 Å². The van der Waals surface area contributed by atoms with E-state index in [0.29, 0.717) is 5.69 Å². The number of halogens is 3. The molecule has 0 aromatic carbocycles. The molecule has 1 aliphatic rings. The molecular weight excluding hydrogens is 331 g/mol. The minimum Gasteiger partial charge on any atom is -0.496 e. The monoisotopic (exact) mass is 349 g/mol. The maximum atomic E-state index is 12.6. The summed E-state index contributed by atoms with van der Waals surface area (Å²) in [7, 11) is 1.62. The van der Waals surface area contributed by atoms with Gasteiger partial charge in [-0.1, -0.05) is 11.6 Å². The van der Waals surface area contributed by atoms with E-state index in [1.807, 2.05) is 11.0 Å². The SMILES string of the molecule is COc1ccncc1C=C1CCN(c2ccc(C(F)(F)F)nc2)CC1. The Kier molecular flexibility index (Phi) is 4.92. The van der Waals surface area contributed by atoms with Gasteiger partial charge in [0.1, 0.15) is 11.4 Å². The summed E-state index contributed by atoms with van der Waals surface area (Å²) in [6.45, 7) is 1.48. The predicted molar refractivity (Wildman–Crippen MR) is 89.5 cm³/mol. The van der Waals surface area contributed by atoms with Crippen molar-refractivity contribution in [1.29, 1.82) is 0 Å². The Morgan fingerprint density at radius 1 is 1.12 bits per heavy atom. The molecule has 0 radical (unpaired) electrons. The van der Waals surface area contributed by atoms with Gasteiger partial charge in [-0.2, -0.15) is 13.2 Å². The van der Waals surface area contributed by atoms with Gasteiger partial charge < -0.3 is 9.64 Å². The fourth-order valence-electron chi connectivity index (χ4n) is 2.85. The van der Waals surface area contributed by atoms with Crippen molar-refractivity contribution >= 4 is 11.8 Å². The molecule has 0 bridgehead atoms. The molecule has 1 aliphatic heterocycles. The van der Waals surface area contributed by atoms with Crippen molar-refractivity contribution in [3.8, 4) is 5.75 Å². The van der Waals surface area contributed by atoms with Crippen molar-refractivity contribution in [2.75, 3.05) is 25.1 Å². The van der Waals surface area contributed by atoms with Crippen molar-refractivity contribution in [2.45, 2.75) is 19.0 Å². The summed E-state index contributed by atoms with van der Waals surface area (Å²) in [4.78, 5) is 9.69. The van der Waals surface area contributed by atoms with Crippen LogP contribution in [0.5, 0.6) is 5.75 Å². The topological polar surface area (TPSA) is 38.2 Å². The molecule has 4 nitrogen and oxygen atoms in total. The first-order chi connectivity index (χ1) is 12.0. The predicted octanol–water partition coefficient (Wildman–Crippen LogP) is 4.19. The van der Waals surface area contributed by atoms with Crippen LogP contribution in [0.3, 0.4) is 0 Å². The quantitative estimate of drug-likeness (QED) is 0.833. The van der Waals surface area contributed by atoms with E-state index in [-0.39, 0.29) is 0 Å². The lowest BCUT2D eigenvalue weighted by atomic mass is 10.0. The summed E-state index contributed by atoms with van der Waals surface area (Å²) < 4.78 is 43.1. The average molecular weight is 349 g/mol. The first kappa shape index (κ1) is 17.3. The second kappa shape index (κ2) is 7.13. The highest BCUT2D eigenvalue weighted by Gasteiger charge is 2.32. The number of nitrogens with zero attached hydrogens (tertiary/aromatic N) is 3. The maximum Gasteiger partial charge on any atom is 0.433 e. The second-order valence-electron chi connectivity index (χ2n) is 5.81. The summed E-state index contributed by atoms with van der Waals surface area (Å²) in [5.74, 6) is 0.775. The first-order valence-electron chi connectivity index (χ1n) is 7.93. The molecule has 132 valence electrons. The van der Waals surface area contributed by atoms with Crippen LogP contribution in [0.15, 0.2) is 42.4 Å². The van der Waals surface area contributed by atoms with Crippen molar-refractivity contribution in [1.82, 2.24) is 9.97 Å². The van der Waals surface area contributed by atoms with Crippen LogP contribution < -0.4 is 9.64 Å². The van der Waals surface area contributed by atoms with Gasteiger partial charge in [-0.15, -0.1) is 0 Å². The van der Waals surface area contributed by atoms with Gasteiger partial charge in [-0.3, -0.25) is 4.98 Å². The highest BCUT2D eigenvalue weighted by molar-refractivity contribution is 5.59. The molecule has 2 aromatic rings. The summed E-state index contributed by atoms with van der Waals surface area (Å²) in [6, 6.07) is 4.32. The number of hydrogen-bond donors (Lipinski definition) is 0. The average Bonchev–Trinajstić information content (AvgIpc) is 2.62. The van der Waals surface area contributed by atoms with Crippen LogP contribution in [0.2, 0.25) is 0 Å². The third kappa shape index (κ3) is 4.10. The Bertz CT molecular complexity index is 747. The molecule has 0 N–H and O–H groups in total. The van der Waals surface area contributed by atoms with E-state index in [2.05, 4.69) is 16.0 Å². The molecule has 25 heavy (non-hydrogen) atoms. The minimum atomic E-state index is -4.40. The third-order valence-electron chi connectivity index (χ3n) is 4.20.